The molecule has 1 aliphatic heterocycles. The lowest BCUT2D eigenvalue weighted by Crippen LogP contribution is -2.38. The fraction of sp³-hybridized carbons (Fsp3) is 0.222. The molecule has 4 rings (SSSR count). The first kappa shape index (κ1) is 21.3. The number of fused-ring (bicyclic) bond motifs is 1. The van der Waals surface area contributed by atoms with E-state index in [1.54, 1.807) is 23.1 Å². The van der Waals surface area contributed by atoms with Gasteiger partial charge < -0.3 is 10.2 Å². The van der Waals surface area contributed by atoms with Crippen LogP contribution in [0.25, 0.3) is 0 Å². The molecule has 1 heterocycles. The predicted octanol–water partition coefficient (Wildman–Crippen LogP) is 5.25. The van der Waals surface area contributed by atoms with Crippen LogP contribution in [-0.2, 0) is 11.8 Å². The summed E-state index contributed by atoms with van der Waals surface area (Å²) in [5.74, 6) is -0.282. The van der Waals surface area contributed by atoms with Crippen LogP contribution in [0, 0.1) is 18.3 Å². The molecule has 0 radical (unpaired) electrons. The highest BCUT2D eigenvalue weighted by molar-refractivity contribution is 6.09. The molecule has 3 aromatic carbocycles. The predicted molar refractivity (Wildman–Crippen MR) is 126 cm³/mol. The number of carbonyl (C=O) groups is 2. The molecule has 0 spiro atoms. The van der Waals surface area contributed by atoms with Crippen molar-refractivity contribution in [2.75, 3.05) is 16.8 Å². The Morgan fingerprint density at radius 3 is 2.62 bits per heavy atom. The highest BCUT2D eigenvalue weighted by atomic mass is 16.2. The second-order valence-electron chi connectivity index (χ2n) is 8.64. The van der Waals surface area contributed by atoms with Crippen molar-refractivity contribution in [1.82, 2.24) is 0 Å². The molecule has 0 bridgehead atoms. The topological polar surface area (TPSA) is 73.2 Å². The fourth-order valence-electron chi connectivity index (χ4n) is 3.95. The number of anilines is 2. The second-order valence-corrected chi connectivity index (χ2v) is 8.64. The van der Waals surface area contributed by atoms with Crippen molar-refractivity contribution in [2.24, 2.45) is 0 Å². The van der Waals surface area contributed by atoms with Crippen LogP contribution < -0.4 is 10.2 Å². The molecule has 5 nitrogen and oxygen atoms in total. The molecule has 2 amide bonds. The summed E-state index contributed by atoms with van der Waals surface area (Å²) in [6.45, 7) is 6.20. The van der Waals surface area contributed by atoms with Gasteiger partial charge in [0, 0.05) is 29.0 Å². The summed E-state index contributed by atoms with van der Waals surface area (Å²) in [4.78, 5) is 27.8. The van der Waals surface area contributed by atoms with Gasteiger partial charge in [-0.2, -0.15) is 5.26 Å². The number of benzene rings is 3. The zero-order chi connectivity index (χ0) is 22.9. The first-order valence-electron chi connectivity index (χ1n) is 10.6. The van der Waals surface area contributed by atoms with E-state index < -0.39 is 5.41 Å². The Balaban J connectivity index is 1.59. The van der Waals surface area contributed by atoms with Crippen molar-refractivity contribution in [3.05, 3.63) is 94.5 Å². The summed E-state index contributed by atoms with van der Waals surface area (Å²) in [7, 11) is 0. The summed E-state index contributed by atoms with van der Waals surface area (Å²) in [5, 5.41) is 12.3. The summed E-state index contributed by atoms with van der Waals surface area (Å²) < 4.78 is 0. The van der Waals surface area contributed by atoms with Gasteiger partial charge in [-0.1, -0.05) is 36.4 Å². The van der Waals surface area contributed by atoms with Crippen molar-refractivity contribution in [3.63, 3.8) is 0 Å². The number of nitrogens with zero attached hydrogens (tertiary/aromatic N) is 2. The molecule has 0 fully saturated rings. The average molecular weight is 424 g/mol. The number of carbonyl (C=O) groups excluding carboxylic acids is 2. The highest BCUT2D eigenvalue weighted by Crippen LogP contribution is 2.30. The van der Waals surface area contributed by atoms with Crippen LogP contribution in [-0.4, -0.2) is 18.4 Å². The highest BCUT2D eigenvalue weighted by Gasteiger charge is 2.26. The van der Waals surface area contributed by atoms with Crippen LogP contribution >= 0.6 is 0 Å². The molecular weight excluding hydrogens is 398 g/mol. The van der Waals surface area contributed by atoms with Crippen LogP contribution in [0.4, 0.5) is 11.4 Å². The summed E-state index contributed by atoms with van der Waals surface area (Å²) in [6.07, 6.45) is 0.791. The number of nitriles is 1. The molecule has 160 valence electrons. The molecule has 0 unspecified atom stereocenters. The first-order valence-corrected chi connectivity index (χ1v) is 10.6. The molecule has 32 heavy (non-hydrogen) atoms. The van der Waals surface area contributed by atoms with E-state index in [4.69, 9.17) is 0 Å². The molecule has 5 heteroatoms. The van der Waals surface area contributed by atoms with Gasteiger partial charge in [-0.3, -0.25) is 9.59 Å². The van der Waals surface area contributed by atoms with Gasteiger partial charge in [-0.15, -0.1) is 0 Å². The number of amides is 2. The number of aryl methyl sites for hydroxylation is 1. The van der Waals surface area contributed by atoms with E-state index >= 15 is 0 Å². The van der Waals surface area contributed by atoms with Gasteiger partial charge in [0.1, 0.15) is 0 Å². The molecule has 0 saturated carbocycles. The second kappa shape index (κ2) is 8.32. The zero-order valence-corrected chi connectivity index (χ0v) is 18.5. The van der Waals surface area contributed by atoms with Crippen LogP contribution in [0.15, 0.2) is 66.7 Å². The SMILES string of the molecule is Cc1ccc(NC(=O)c2cccc(C(C)(C)C#N)c2)cc1N1CCc2ccccc2C1=O. The van der Waals surface area contributed by atoms with Crippen LogP contribution in [0.2, 0.25) is 0 Å². The minimum Gasteiger partial charge on any atom is -0.322 e. The minimum atomic E-state index is -0.682. The number of nitrogens with one attached hydrogen (secondary N) is 1. The van der Waals surface area contributed by atoms with E-state index in [1.165, 1.54) is 0 Å². The van der Waals surface area contributed by atoms with Gasteiger partial charge in [0.2, 0.25) is 0 Å². The Bertz CT molecular complexity index is 1250. The van der Waals surface area contributed by atoms with Gasteiger partial charge in [-0.05, 0) is 74.2 Å². The van der Waals surface area contributed by atoms with Crippen LogP contribution in [0.5, 0.6) is 0 Å². The van der Waals surface area contributed by atoms with Gasteiger partial charge in [0.15, 0.2) is 0 Å². The minimum absolute atomic E-state index is 0.0233. The third kappa shape index (κ3) is 4.00. The van der Waals surface area contributed by atoms with Crippen LogP contribution in [0.3, 0.4) is 0 Å². The molecule has 0 saturated heterocycles. The lowest BCUT2D eigenvalue weighted by Gasteiger charge is -2.30. The molecule has 0 aromatic heterocycles. The number of hydrogen-bond donors (Lipinski definition) is 1. The van der Waals surface area contributed by atoms with E-state index in [0.717, 1.165) is 34.4 Å². The molecule has 0 aliphatic carbocycles. The smallest absolute Gasteiger partial charge is 0.258 e. The zero-order valence-electron chi connectivity index (χ0n) is 18.5. The Kier molecular flexibility index (Phi) is 5.54. The monoisotopic (exact) mass is 423 g/mol. The molecule has 1 N–H and O–H groups in total. The fourth-order valence-corrected chi connectivity index (χ4v) is 3.95. The Labute approximate surface area is 188 Å². The first-order chi connectivity index (χ1) is 15.3. The quantitative estimate of drug-likeness (QED) is 0.623. The van der Waals surface area contributed by atoms with E-state index in [1.807, 2.05) is 69.3 Å². The van der Waals surface area contributed by atoms with Crippen molar-refractivity contribution in [3.8, 4) is 6.07 Å². The van der Waals surface area contributed by atoms with E-state index in [0.29, 0.717) is 17.8 Å². The normalized spacial score (nSPS) is 13.3. The van der Waals surface area contributed by atoms with Crippen molar-refractivity contribution in [1.29, 1.82) is 5.26 Å². The van der Waals surface area contributed by atoms with Crippen molar-refractivity contribution < 1.29 is 9.59 Å². The molecule has 1 aliphatic rings. The standard InChI is InChI=1S/C27H25N3O2/c1-18-11-12-22(29-25(31)20-8-6-9-21(15-20)27(2,3)17-28)16-24(18)30-14-13-19-7-4-5-10-23(19)26(30)32/h4-12,15-16H,13-14H2,1-3H3,(H,29,31). The number of hydrogen-bond acceptors (Lipinski definition) is 3. The van der Waals surface area contributed by atoms with Gasteiger partial charge in [0.25, 0.3) is 11.8 Å². The number of rotatable bonds is 4. The molecule has 0 atom stereocenters. The van der Waals surface area contributed by atoms with Gasteiger partial charge in [0.05, 0.1) is 11.5 Å². The van der Waals surface area contributed by atoms with E-state index in [-0.39, 0.29) is 11.8 Å². The Hall–Kier alpha value is -3.91. The maximum absolute atomic E-state index is 13.1. The van der Waals surface area contributed by atoms with Crippen molar-refractivity contribution in [2.45, 2.75) is 32.6 Å². The maximum atomic E-state index is 13.1. The third-order valence-electron chi connectivity index (χ3n) is 5.98. The summed E-state index contributed by atoms with van der Waals surface area (Å²) >= 11 is 0. The third-order valence-corrected chi connectivity index (χ3v) is 5.98. The summed E-state index contributed by atoms with van der Waals surface area (Å²) in [5.41, 5.74) is 4.76. The van der Waals surface area contributed by atoms with E-state index in [9.17, 15) is 14.9 Å². The molecular formula is C27H25N3O2. The lowest BCUT2D eigenvalue weighted by molar-refractivity contribution is 0.0979. The Morgan fingerprint density at radius 1 is 1.06 bits per heavy atom. The largest absolute Gasteiger partial charge is 0.322 e. The summed E-state index contributed by atoms with van der Waals surface area (Å²) in [6, 6.07) is 22.7. The van der Waals surface area contributed by atoms with E-state index in [2.05, 4.69) is 11.4 Å². The van der Waals surface area contributed by atoms with Gasteiger partial charge >= 0.3 is 0 Å². The Morgan fingerprint density at radius 2 is 1.84 bits per heavy atom. The van der Waals surface area contributed by atoms with Crippen molar-refractivity contribution >= 4 is 23.2 Å². The molecule has 3 aromatic rings. The van der Waals surface area contributed by atoms with Gasteiger partial charge in [-0.25, -0.2) is 0 Å². The maximum Gasteiger partial charge on any atom is 0.258 e. The van der Waals surface area contributed by atoms with Crippen LogP contribution in [0.1, 0.15) is 51.3 Å². The lowest BCUT2D eigenvalue weighted by atomic mass is 9.85. The average Bonchev–Trinajstić information content (AvgIpc) is 2.81.